The largest absolute Gasteiger partial charge is 0.461 e. The molecule has 4 rings (SSSR count). The van der Waals surface area contributed by atoms with Gasteiger partial charge in [-0.3, -0.25) is 14.4 Å². The summed E-state index contributed by atoms with van der Waals surface area (Å²) in [5.74, 6) is -1.47. The number of carbonyl (C=O) groups is 3. The van der Waals surface area contributed by atoms with Crippen LogP contribution in [-0.4, -0.2) is 30.6 Å². The molecule has 1 atom stereocenters. The molecule has 0 aliphatic carbocycles. The Morgan fingerprint density at radius 2 is 2.00 bits per heavy atom. The van der Waals surface area contributed by atoms with Crippen molar-refractivity contribution >= 4 is 51.9 Å². The van der Waals surface area contributed by atoms with Crippen molar-refractivity contribution in [2.24, 2.45) is 5.92 Å². The predicted molar refractivity (Wildman–Crippen MR) is 125 cm³/mol. The third kappa shape index (κ3) is 5.09. The van der Waals surface area contributed by atoms with Gasteiger partial charge >= 0.3 is 11.6 Å². The van der Waals surface area contributed by atoms with Crippen LogP contribution in [0.2, 0.25) is 0 Å². The summed E-state index contributed by atoms with van der Waals surface area (Å²) in [7, 11) is 0. The van der Waals surface area contributed by atoms with Crippen molar-refractivity contribution < 1.29 is 23.5 Å². The van der Waals surface area contributed by atoms with E-state index in [4.69, 9.17) is 9.15 Å². The molecule has 2 heterocycles. The van der Waals surface area contributed by atoms with Gasteiger partial charge in [-0.15, -0.1) is 11.8 Å². The van der Waals surface area contributed by atoms with Crippen LogP contribution in [-0.2, 0) is 25.7 Å². The Kier molecular flexibility index (Phi) is 6.50. The molecule has 2 amide bonds. The van der Waals surface area contributed by atoms with Crippen LogP contribution in [0.4, 0.5) is 11.4 Å². The molecular weight excluding hydrogens is 444 g/mol. The number of benzene rings is 2. The molecule has 1 aliphatic heterocycles. The van der Waals surface area contributed by atoms with E-state index in [0.29, 0.717) is 16.6 Å². The summed E-state index contributed by atoms with van der Waals surface area (Å²) in [5.41, 5.74) is 1.41. The van der Waals surface area contributed by atoms with E-state index in [2.05, 4.69) is 5.32 Å². The highest BCUT2D eigenvalue weighted by Crippen LogP contribution is 2.29. The molecule has 0 radical (unpaired) electrons. The van der Waals surface area contributed by atoms with Gasteiger partial charge in [-0.25, -0.2) is 4.79 Å². The van der Waals surface area contributed by atoms with Crippen LogP contribution in [0, 0.1) is 5.92 Å². The van der Waals surface area contributed by atoms with Crippen LogP contribution in [0.15, 0.2) is 62.6 Å². The second kappa shape index (κ2) is 9.50. The van der Waals surface area contributed by atoms with Crippen molar-refractivity contribution in [2.45, 2.75) is 24.8 Å². The Balaban J connectivity index is 1.47. The van der Waals surface area contributed by atoms with Crippen LogP contribution in [0.1, 0.15) is 18.9 Å². The predicted octanol–water partition coefficient (Wildman–Crippen LogP) is 3.57. The third-order valence-corrected chi connectivity index (χ3v) is 6.07. The molecule has 1 aliphatic rings. The number of hydrogen-bond donors (Lipinski definition) is 1. The maximum absolute atomic E-state index is 12.7. The highest BCUT2D eigenvalue weighted by atomic mass is 32.2. The minimum Gasteiger partial charge on any atom is -0.461 e. The third-order valence-electron chi connectivity index (χ3n) is 5.34. The number of hydrogen-bond acceptors (Lipinski definition) is 7. The number of ether oxygens (including phenoxy) is 1. The molecule has 0 bridgehead atoms. The molecule has 3 aromatic rings. The molecule has 170 valence electrons. The van der Waals surface area contributed by atoms with Crippen molar-refractivity contribution in [1.29, 1.82) is 0 Å². The van der Waals surface area contributed by atoms with Gasteiger partial charge in [0, 0.05) is 59.2 Å². The van der Waals surface area contributed by atoms with Crippen molar-refractivity contribution in [3.63, 3.8) is 0 Å². The maximum Gasteiger partial charge on any atom is 0.336 e. The number of nitrogens with zero attached hydrogens (tertiary/aromatic N) is 1. The van der Waals surface area contributed by atoms with E-state index in [-0.39, 0.29) is 37.0 Å². The number of amides is 2. The van der Waals surface area contributed by atoms with E-state index in [9.17, 15) is 19.2 Å². The topological polar surface area (TPSA) is 106 Å². The van der Waals surface area contributed by atoms with Crippen LogP contribution in [0.5, 0.6) is 0 Å². The molecule has 1 N–H and O–H groups in total. The zero-order valence-electron chi connectivity index (χ0n) is 18.1. The van der Waals surface area contributed by atoms with Crippen LogP contribution in [0.25, 0.3) is 11.0 Å². The minimum atomic E-state index is -0.593. The first-order valence-electron chi connectivity index (χ1n) is 10.3. The summed E-state index contributed by atoms with van der Waals surface area (Å²) < 4.78 is 10.7. The zero-order chi connectivity index (χ0) is 23.5. The average Bonchev–Trinajstić information content (AvgIpc) is 3.18. The number of rotatable bonds is 6. The number of thioether (sulfide) groups is 1. The van der Waals surface area contributed by atoms with Gasteiger partial charge < -0.3 is 19.4 Å². The van der Waals surface area contributed by atoms with E-state index in [1.54, 1.807) is 34.9 Å². The summed E-state index contributed by atoms with van der Waals surface area (Å²) in [6.45, 7) is 1.49. The quantitative estimate of drug-likeness (QED) is 0.336. The fourth-order valence-electron chi connectivity index (χ4n) is 3.79. The van der Waals surface area contributed by atoms with Gasteiger partial charge in [0.15, 0.2) is 0 Å². The second-order valence-corrected chi connectivity index (χ2v) is 8.58. The first-order valence-corrected chi connectivity index (χ1v) is 11.5. The molecule has 2 aromatic carbocycles. The van der Waals surface area contributed by atoms with Gasteiger partial charge in [0.1, 0.15) is 12.2 Å². The number of anilines is 2. The van der Waals surface area contributed by atoms with E-state index >= 15 is 0 Å². The standard InChI is InChI=1S/C24H22N2O6S/c1-14(27)25-17-6-7-20-16(9-23(29)32-21(20)10-17)13-31-24(30)15-8-22(28)26(12-15)18-4-3-5-19(11-18)33-2/h3-7,9-11,15H,8,12-13H2,1-2H3,(H,25,27)/t15-/m0/s1. The van der Waals surface area contributed by atoms with E-state index in [1.807, 2.05) is 30.5 Å². The van der Waals surface area contributed by atoms with Crippen molar-refractivity contribution in [2.75, 3.05) is 23.0 Å². The lowest BCUT2D eigenvalue weighted by atomic mass is 10.1. The molecule has 33 heavy (non-hydrogen) atoms. The highest BCUT2D eigenvalue weighted by Gasteiger charge is 2.36. The molecule has 9 heteroatoms. The van der Waals surface area contributed by atoms with Crippen molar-refractivity contribution in [3.8, 4) is 0 Å². The van der Waals surface area contributed by atoms with E-state index in [0.717, 1.165) is 10.6 Å². The number of nitrogens with one attached hydrogen (secondary N) is 1. The molecule has 1 fully saturated rings. The smallest absolute Gasteiger partial charge is 0.336 e. The summed E-state index contributed by atoms with van der Waals surface area (Å²) >= 11 is 1.58. The van der Waals surface area contributed by atoms with Gasteiger partial charge in [-0.1, -0.05) is 6.07 Å². The SMILES string of the molecule is CSc1cccc(N2C[C@@H](C(=O)OCc3cc(=O)oc4cc(NC(C)=O)ccc34)CC2=O)c1. The zero-order valence-corrected chi connectivity index (χ0v) is 18.9. The van der Waals surface area contributed by atoms with Crippen LogP contribution < -0.4 is 15.8 Å². The lowest BCUT2D eigenvalue weighted by Gasteiger charge is -2.17. The molecule has 0 saturated carbocycles. The fraction of sp³-hybridized carbons (Fsp3) is 0.250. The summed E-state index contributed by atoms with van der Waals surface area (Å²) in [5, 5.41) is 3.22. The Hall–Kier alpha value is -3.59. The first-order chi connectivity index (χ1) is 15.8. The lowest BCUT2D eigenvalue weighted by molar-refractivity contribution is -0.149. The maximum atomic E-state index is 12.7. The van der Waals surface area contributed by atoms with Gasteiger partial charge in [0.2, 0.25) is 11.8 Å². The van der Waals surface area contributed by atoms with Crippen molar-refractivity contribution in [1.82, 2.24) is 0 Å². The fourth-order valence-corrected chi connectivity index (χ4v) is 4.24. The molecule has 0 spiro atoms. The van der Waals surface area contributed by atoms with E-state index in [1.165, 1.54) is 13.0 Å². The monoisotopic (exact) mass is 466 g/mol. The Bertz CT molecular complexity index is 1300. The van der Waals surface area contributed by atoms with Gasteiger partial charge in [-0.2, -0.15) is 0 Å². The molecule has 1 aromatic heterocycles. The summed E-state index contributed by atoms with van der Waals surface area (Å²) in [4.78, 5) is 51.1. The Morgan fingerprint density at radius 3 is 2.76 bits per heavy atom. The normalized spacial score (nSPS) is 15.6. The number of esters is 1. The minimum absolute atomic E-state index is 0.0695. The highest BCUT2D eigenvalue weighted by molar-refractivity contribution is 7.98. The average molecular weight is 467 g/mol. The molecule has 0 unspecified atom stereocenters. The number of fused-ring (bicyclic) bond motifs is 1. The van der Waals surface area contributed by atoms with Gasteiger partial charge in [0.05, 0.1) is 5.92 Å². The van der Waals surface area contributed by atoms with Crippen LogP contribution in [0.3, 0.4) is 0 Å². The summed E-state index contributed by atoms with van der Waals surface area (Å²) in [6.07, 6.45) is 2.03. The van der Waals surface area contributed by atoms with Crippen LogP contribution >= 0.6 is 11.8 Å². The van der Waals surface area contributed by atoms with Gasteiger partial charge in [-0.05, 0) is 36.6 Å². The second-order valence-electron chi connectivity index (χ2n) is 7.70. The molecule has 1 saturated heterocycles. The molecule has 8 nitrogen and oxygen atoms in total. The lowest BCUT2D eigenvalue weighted by Crippen LogP contribution is -2.26. The number of carbonyl (C=O) groups excluding carboxylic acids is 3. The van der Waals surface area contributed by atoms with E-state index < -0.39 is 17.5 Å². The Morgan fingerprint density at radius 1 is 1.18 bits per heavy atom. The first kappa shape index (κ1) is 22.6. The summed E-state index contributed by atoms with van der Waals surface area (Å²) in [6, 6.07) is 13.8. The molecular formula is C24H22N2O6S. The van der Waals surface area contributed by atoms with Crippen molar-refractivity contribution in [3.05, 3.63) is 64.5 Å². The van der Waals surface area contributed by atoms with Gasteiger partial charge in [0.25, 0.3) is 0 Å². The Labute approximate surface area is 193 Å².